The van der Waals surface area contributed by atoms with Gasteiger partial charge in [-0.3, -0.25) is 4.79 Å². The van der Waals surface area contributed by atoms with Crippen LogP contribution in [0.25, 0.3) is 0 Å². The van der Waals surface area contributed by atoms with Crippen LogP contribution in [0, 0.1) is 6.92 Å². The maximum Gasteiger partial charge on any atom is 0.134 e. The molecule has 1 aliphatic heterocycles. The number of hydrogen-bond acceptors (Lipinski definition) is 2. The average Bonchev–Trinajstić information content (AvgIpc) is 2.69. The Morgan fingerprint density at radius 2 is 2.00 bits per heavy atom. The van der Waals surface area contributed by atoms with E-state index < -0.39 is 0 Å². The molecular weight excluding hydrogens is 198 g/mol. The molecule has 0 bridgehead atoms. The number of benzene rings is 1. The molecule has 1 heterocycles. The number of aryl methyl sites for hydroxylation is 1. The van der Waals surface area contributed by atoms with Crippen molar-refractivity contribution in [3.8, 4) is 0 Å². The van der Waals surface area contributed by atoms with Crippen molar-refractivity contribution in [3.63, 3.8) is 0 Å². The highest BCUT2D eigenvalue weighted by atomic mass is 16.1. The highest BCUT2D eigenvalue weighted by Crippen LogP contribution is 2.26. The van der Waals surface area contributed by atoms with Gasteiger partial charge in [0.05, 0.1) is 0 Å². The largest absolute Gasteiger partial charge is 0.371 e. The highest BCUT2D eigenvalue weighted by molar-refractivity contribution is 5.80. The van der Waals surface area contributed by atoms with Gasteiger partial charge in [-0.1, -0.05) is 17.7 Å². The van der Waals surface area contributed by atoms with Crippen LogP contribution in [0.3, 0.4) is 0 Å². The molecule has 0 spiro atoms. The number of rotatable bonds is 3. The van der Waals surface area contributed by atoms with E-state index in [1.807, 2.05) is 0 Å². The predicted molar refractivity (Wildman–Crippen MR) is 67.0 cm³/mol. The van der Waals surface area contributed by atoms with Gasteiger partial charge < -0.3 is 4.90 Å². The lowest BCUT2D eigenvalue weighted by Gasteiger charge is -2.21. The van der Waals surface area contributed by atoms with Gasteiger partial charge in [0.25, 0.3) is 0 Å². The number of ketones is 1. The molecule has 1 saturated heterocycles. The van der Waals surface area contributed by atoms with Gasteiger partial charge in [0.15, 0.2) is 0 Å². The maximum atomic E-state index is 11.3. The third kappa shape index (κ3) is 2.43. The molecule has 0 aliphatic carbocycles. The Bertz CT molecular complexity index is 392. The quantitative estimate of drug-likeness (QED) is 0.776. The average molecular weight is 217 g/mol. The third-order valence-corrected chi connectivity index (χ3v) is 3.12. The van der Waals surface area contributed by atoms with Gasteiger partial charge in [-0.2, -0.15) is 0 Å². The van der Waals surface area contributed by atoms with E-state index in [1.54, 1.807) is 6.92 Å². The van der Waals surface area contributed by atoms with Crippen LogP contribution in [0.5, 0.6) is 0 Å². The van der Waals surface area contributed by atoms with Crippen molar-refractivity contribution < 1.29 is 4.79 Å². The monoisotopic (exact) mass is 217 g/mol. The highest BCUT2D eigenvalue weighted by Gasteiger charge is 2.16. The zero-order valence-corrected chi connectivity index (χ0v) is 10.1. The van der Waals surface area contributed by atoms with Crippen LogP contribution in [0.1, 0.15) is 30.9 Å². The minimum absolute atomic E-state index is 0.242. The number of Topliss-reactive ketones (excluding diaryl/α,β-unsaturated/α-hetero) is 1. The van der Waals surface area contributed by atoms with Gasteiger partial charge in [-0.15, -0.1) is 0 Å². The fourth-order valence-electron chi connectivity index (χ4n) is 2.39. The Hall–Kier alpha value is -1.31. The molecule has 1 aromatic rings. The Balaban J connectivity index is 2.30. The molecule has 2 heteroatoms. The van der Waals surface area contributed by atoms with Crippen LogP contribution >= 0.6 is 0 Å². The van der Waals surface area contributed by atoms with Gasteiger partial charge in [-0.25, -0.2) is 0 Å². The molecule has 0 N–H and O–H groups in total. The maximum absolute atomic E-state index is 11.3. The van der Waals surface area contributed by atoms with Crippen molar-refractivity contribution in [2.24, 2.45) is 0 Å². The molecule has 0 atom stereocenters. The van der Waals surface area contributed by atoms with E-state index in [2.05, 4.69) is 30.0 Å². The fourth-order valence-corrected chi connectivity index (χ4v) is 2.39. The van der Waals surface area contributed by atoms with Gasteiger partial charge in [0.1, 0.15) is 5.78 Å². The molecule has 1 aliphatic rings. The summed E-state index contributed by atoms with van der Waals surface area (Å²) in [7, 11) is 0. The van der Waals surface area contributed by atoms with Crippen molar-refractivity contribution in [1.82, 2.24) is 0 Å². The number of carbonyl (C=O) groups is 1. The van der Waals surface area contributed by atoms with E-state index in [9.17, 15) is 4.79 Å². The summed E-state index contributed by atoms with van der Waals surface area (Å²) < 4.78 is 0. The fraction of sp³-hybridized carbons (Fsp3) is 0.500. The molecule has 86 valence electrons. The third-order valence-electron chi connectivity index (χ3n) is 3.12. The molecule has 16 heavy (non-hydrogen) atoms. The molecule has 1 aromatic carbocycles. The topological polar surface area (TPSA) is 20.3 Å². The van der Waals surface area contributed by atoms with Crippen molar-refractivity contribution >= 4 is 11.5 Å². The summed E-state index contributed by atoms with van der Waals surface area (Å²) in [5, 5.41) is 0. The lowest BCUT2D eigenvalue weighted by atomic mass is 10.0. The molecule has 0 amide bonds. The summed E-state index contributed by atoms with van der Waals surface area (Å²) >= 11 is 0. The normalized spacial score (nSPS) is 15.5. The van der Waals surface area contributed by atoms with Gasteiger partial charge in [0.2, 0.25) is 0 Å². The number of nitrogens with zero attached hydrogens (tertiary/aromatic N) is 1. The zero-order valence-electron chi connectivity index (χ0n) is 10.1. The van der Waals surface area contributed by atoms with E-state index in [1.165, 1.54) is 29.7 Å². The summed E-state index contributed by atoms with van der Waals surface area (Å²) in [6, 6.07) is 6.45. The van der Waals surface area contributed by atoms with Crippen LogP contribution in [0.15, 0.2) is 18.2 Å². The van der Waals surface area contributed by atoms with Gasteiger partial charge >= 0.3 is 0 Å². The molecule has 0 saturated carbocycles. The standard InChI is InChI=1S/C14H19NO/c1-11-5-6-14(15-7-3-4-8-15)13(9-11)10-12(2)16/h5-6,9H,3-4,7-8,10H2,1-2H3. The Morgan fingerprint density at radius 1 is 1.31 bits per heavy atom. The SMILES string of the molecule is CC(=O)Cc1cc(C)ccc1N1CCCC1. The van der Waals surface area contributed by atoms with Gasteiger partial charge in [-0.05, 0) is 38.3 Å². The van der Waals surface area contributed by atoms with Crippen LogP contribution in [-0.2, 0) is 11.2 Å². The lowest BCUT2D eigenvalue weighted by molar-refractivity contribution is -0.116. The zero-order chi connectivity index (χ0) is 11.5. The second-order valence-electron chi connectivity index (χ2n) is 4.71. The Morgan fingerprint density at radius 3 is 2.62 bits per heavy atom. The number of anilines is 1. The van der Waals surface area contributed by atoms with Gasteiger partial charge in [0, 0.05) is 25.2 Å². The first-order valence-corrected chi connectivity index (χ1v) is 6.01. The lowest BCUT2D eigenvalue weighted by Crippen LogP contribution is -2.20. The predicted octanol–water partition coefficient (Wildman–Crippen LogP) is 2.73. The Labute approximate surface area is 97.3 Å². The summed E-state index contributed by atoms with van der Waals surface area (Å²) in [4.78, 5) is 13.7. The molecule has 2 nitrogen and oxygen atoms in total. The summed E-state index contributed by atoms with van der Waals surface area (Å²) in [5.41, 5.74) is 3.69. The van der Waals surface area contributed by atoms with Crippen LogP contribution in [0.4, 0.5) is 5.69 Å². The van der Waals surface area contributed by atoms with Crippen LogP contribution in [0.2, 0.25) is 0 Å². The first kappa shape index (κ1) is 11.2. The van der Waals surface area contributed by atoms with E-state index in [4.69, 9.17) is 0 Å². The van der Waals surface area contributed by atoms with Crippen molar-refractivity contribution in [2.75, 3.05) is 18.0 Å². The summed E-state index contributed by atoms with van der Waals surface area (Å²) in [6.07, 6.45) is 3.11. The molecular formula is C14H19NO. The number of carbonyl (C=O) groups excluding carboxylic acids is 1. The van der Waals surface area contributed by atoms with Crippen LogP contribution in [-0.4, -0.2) is 18.9 Å². The smallest absolute Gasteiger partial charge is 0.134 e. The first-order valence-electron chi connectivity index (χ1n) is 6.01. The molecule has 0 unspecified atom stereocenters. The van der Waals surface area contributed by atoms with E-state index >= 15 is 0 Å². The summed E-state index contributed by atoms with van der Waals surface area (Å²) in [6.45, 7) is 6.01. The second-order valence-corrected chi connectivity index (χ2v) is 4.71. The molecule has 1 fully saturated rings. The van der Waals surface area contributed by atoms with E-state index in [0.29, 0.717) is 6.42 Å². The molecule has 0 aromatic heterocycles. The minimum atomic E-state index is 0.242. The summed E-state index contributed by atoms with van der Waals surface area (Å²) in [5.74, 6) is 0.242. The van der Waals surface area contributed by atoms with E-state index in [0.717, 1.165) is 13.1 Å². The molecule has 0 radical (unpaired) electrons. The second kappa shape index (κ2) is 4.69. The van der Waals surface area contributed by atoms with Crippen molar-refractivity contribution in [1.29, 1.82) is 0 Å². The van der Waals surface area contributed by atoms with Crippen molar-refractivity contribution in [3.05, 3.63) is 29.3 Å². The Kier molecular flexibility index (Phi) is 3.28. The number of hydrogen-bond donors (Lipinski definition) is 0. The molecule has 2 rings (SSSR count). The van der Waals surface area contributed by atoms with Crippen LogP contribution < -0.4 is 4.90 Å². The van der Waals surface area contributed by atoms with E-state index in [-0.39, 0.29) is 5.78 Å². The first-order chi connectivity index (χ1) is 7.66. The minimum Gasteiger partial charge on any atom is -0.371 e. The van der Waals surface area contributed by atoms with Crippen molar-refractivity contribution in [2.45, 2.75) is 33.1 Å².